The van der Waals surface area contributed by atoms with E-state index >= 15 is 0 Å². The van der Waals surface area contributed by atoms with Crippen LogP contribution in [0.3, 0.4) is 0 Å². The molecule has 0 heterocycles. The molecule has 0 radical (unpaired) electrons. The molecule has 114 valence electrons. The van der Waals surface area contributed by atoms with E-state index in [1.807, 2.05) is 43.3 Å². The molecule has 0 aromatic heterocycles. The molecule has 0 spiro atoms. The van der Waals surface area contributed by atoms with Gasteiger partial charge in [0, 0.05) is 36.1 Å². The van der Waals surface area contributed by atoms with Crippen molar-refractivity contribution < 1.29 is 9.90 Å². The Balaban J connectivity index is 2.13. The molecule has 2 aliphatic carbocycles. The molecule has 1 saturated carbocycles. The SMILES string of the molecule is CN(C)c1ccc([C@@H]2[C@H]3C=C[C@@H](C3)[C@@]2(C#N)C(=O)O)c(Br)c1. The number of rotatable bonds is 3. The molecule has 1 aromatic rings. The number of halogens is 1. The summed E-state index contributed by atoms with van der Waals surface area (Å²) in [5.74, 6) is -1.41. The Bertz CT molecular complexity index is 707. The standard InChI is InChI=1S/C17H17BrN2O2/c1-20(2)12-5-6-13(14(18)8-12)15-10-3-4-11(7-10)17(15,9-19)16(21)22/h3-6,8,10-11,15H,7H2,1-2H3,(H,21,22)/t10-,11-,15-,17+/m0/s1. The zero-order valence-electron chi connectivity index (χ0n) is 12.5. The zero-order chi connectivity index (χ0) is 16.1. The van der Waals surface area contributed by atoms with Crippen LogP contribution in [-0.2, 0) is 4.79 Å². The quantitative estimate of drug-likeness (QED) is 0.839. The Kier molecular flexibility index (Phi) is 3.53. The van der Waals surface area contributed by atoms with Crippen LogP contribution in [0.15, 0.2) is 34.8 Å². The lowest BCUT2D eigenvalue weighted by Gasteiger charge is -2.33. The molecule has 1 fully saturated rings. The van der Waals surface area contributed by atoms with Crippen LogP contribution in [0.2, 0.25) is 0 Å². The summed E-state index contributed by atoms with van der Waals surface area (Å²) in [5.41, 5.74) is 0.584. The molecular weight excluding hydrogens is 344 g/mol. The largest absolute Gasteiger partial charge is 0.480 e. The first-order chi connectivity index (χ1) is 10.4. The minimum absolute atomic E-state index is 0.113. The highest BCUT2D eigenvalue weighted by Gasteiger charge is 2.62. The summed E-state index contributed by atoms with van der Waals surface area (Å²) in [4.78, 5) is 13.9. The maximum Gasteiger partial charge on any atom is 0.325 e. The van der Waals surface area contributed by atoms with Gasteiger partial charge in [-0.2, -0.15) is 5.26 Å². The zero-order valence-corrected chi connectivity index (χ0v) is 14.0. The van der Waals surface area contributed by atoms with Crippen LogP contribution >= 0.6 is 15.9 Å². The monoisotopic (exact) mass is 360 g/mol. The van der Waals surface area contributed by atoms with Crippen molar-refractivity contribution in [3.8, 4) is 6.07 Å². The van der Waals surface area contributed by atoms with E-state index in [0.717, 1.165) is 22.1 Å². The van der Waals surface area contributed by atoms with Gasteiger partial charge in [0.05, 0.1) is 6.07 Å². The third-order valence-corrected chi connectivity index (χ3v) is 5.68. The van der Waals surface area contributed by atoms with Gasteiger partial charge in [0.2, 0.25) is 0 Å². The van der Waals surface area contributed by atoms with Crippen molar-refractivity contribution in [2.24, 2.45) is 17.3 Å². The topological polar surface area (TPSA) is 64.3 Å². The fourth-order valence-electron chi connectivity index (χ4n) is 3.89. The maximum atomic E-state index is 11.9. The molecule has 0 unspecified atom stereocenters. The van der Waals surface area contributed by atoms with Crippen LogP contribution in [0.5, 0.6) is 0 Å². The second-order valence-corrected chi connectivity index (χ2v) is 7.11. The number of fused-ring (bicyclic) bond motifs is 2. The lowest BCUT2D eigenvalue weighted by molar-refractivity contribution is -0.147. The number of hydrogen-bond donors (Lipinski definition) is 1. The summed E-state index contributed by atoms with van der Waals surface area (Å²) in [6, 6.07) is 8.04. The summed E-state index contributed by atoms with van der Waals surface area (Å²) in [6.45, 7) is 0. The van der Waals surface area contributed by atoms with Crippen LogP contribution in [0.25, 0.3) is 0 Å². The van der Waals surface area contributed by atoms with Crippen LogP contribution in [-0.4, -0.2) is 25.2 Å². The number of nitriles is 1. The van der Waals surface area contributed by atoms with Crippen molar-refractivity contribution in [1.82, 2.24) is 0 Å². The maximum absolute atomic E-state index is 11.9. The van der Waals surface area contributed by atoms with E-state index in [1.54, 1.807) is 0 Å². The highest BCUT2D eigenvalue weighted by atomic mass is 79.9. The van der Waals surface area contributed by atoms with Gasteiger partial charge in [-0.3, -0.25) is 4.79 Å². The molecule has 3 rings (SSSR count). The number of anilines is 1. The fourth-order valence-corrected chi connectivity index (χ4v) is 4.51. The second-order valence-electron chi connectivity index (χ2n) is 6.25. The number of aliphatic carboxylic acids is 1. The molecule has 2 bridgehead atoms. The Labute approximate surface area is 138 Å². The first-order valence-corrected chi connectivity index (χ1v) is 8.01. The highest BCUT2D eigenvalue weighted by molar-refractivity contribution is 9.10. The van der Waals surface area contributed by atoms with Gasteiger partial charge in [-0.15, -0.1) is 0 Å². The van der Waals surface area contributed by atoms with E-state index in [1.165, 1.54) is 0 Å². The van der Waals surface area contributed by atoms with Gasteiger partial charge >= 0.3 is 5.97 Å². The third kappa shape index (κ3) is 1.90. The minimum atomic E-state index is -1.36. The minimum Gasteiger partial charge on any atom is -0.480 e. The molecule has 4 atom stereocenters. The van der Waals surface area contributed by atoms with Crippen molar-refractivity contribution in [3.05, 3.63) is 40.4 Å². The number of carboxylic acids is 1. The first-order valence-electron chi connectivity index (χ1n) is 7.21. The lowest BCUT2D eigenvalue weighted by atomic mass is 9.67. The summed E-state index contributed by atoms with van der Waals surface area (Å²) in [6.07, 6.45) is 4.72. The summed E-state index contributed by atoms with van der Waals surface area (Å²) >= 11 is 3.57. The molecule has 0 amide bonds. The summed E-state index contributed by atoms with van der Waals surface area (Å²) < 4.78 is 0.866. The number of hydrogen-bond acceptors (Lipinski definition) is 3. The van der Waals surface area contributed by atoms with E-state index in [-0.39, 0.29) is 17.8 Å². The van der Waals surface area contributed by atoms with Gasteiger partial charge in [-0.1, -0.05) is 34.1 Å². The van der Waals surface area contributed by atoms with E-state index in [9.17, 15) is 15.2 Å². The Hall–Kier alpha value is -1.80. The normalized spacial score (nSPS) is 32.0. The number of nitrogens with zero attached hydrogens (tertiary/aromatic N) is 2. The van der Waals surface area contributed by atoms with Gasteiger partial charge in [0.1, 0.15) is 0 Å². The van der Waals surface area contributed by atoms with Crippen molar-refractivity contribution in [2.75, 3.05) is 19.0 Å². The molecule has 1 aromatic carbocycles. The van der Waals surface area contributed by atoms with Crippen LogP contribution in [0.1, 0.15) is 17.9 Å². The van der Waals surface area contributed by atoms with Crippen LogP contribution < -0.4 is 4.90 Å². The van der Waals surface area contributed by atoms with Gasteiger partial charge in [0.15, 0.2) is 5.41 Å². The van der Waals surface area contributed by atoms with Gasteiger partial charge < -0.3 is 10.0 Å². The molecule has 22 heavy (non-hydrogen) atoms. The number of allylic oxidation sites excluding steroid dienone is 2. The number of benzene rings is 1. The first kappa shape index (κ1) is 15.1. The molecule has 1 N–H and O–H groups in total. The van der Waals surface area contributed by atoms with E-state index < -0.39 is 11.4 Å². The van der Waals surface area contributed by atoms with E-state index in [2.05, 4.69) is 28.1 Å². The molecule has 5 heteroatoms. The Morgan fingerprint density at radius 2 is 2.18 bits per heavy atom. The van der Waals surface area contributed by atoms with Crippen LogP contribution in [0, 0.1) is 28.6 Å². The molecule has 4 nitrogen and oxygen atoms in total. The average Bonchev–Trinajstić information content (AvgIpc) is 3.06. The van der Waals surface area contributed by atoms with Gasteiger partial charge in [-0.05, 0) is 30.0 Å². The second kappa shape index (κ2) is 5.13. The van der Waals surface area contributed by atoms with Crippen molar-refractivity contribution in [3.63, 3.8) is 0 Å². The third-order valence-electron chi connectivity index (χ3n) is 4.99. The summed E-state index contributed by atoms with van der Waals surface area (Å²) in [7, 11) is 3.91. The molecule has 2 aliphatic rings. The Morgan fingerprint density at radius 1 is 1.45 bits per heavy atom. The number of carboxylic acid groups (broad SMARTS) is 1. The van der Waals surface area contributed by atoms with Gasteiger partial charge in [-0.25, -0.2) is 0 Å². The van der Waals surface area contributed by atoms with Crippen molar-refractivity contribution in [1.29, 1.82) is 5.26 Å². The molecule has 0 saturated heterocycles. The molecule has 0 aliphatic heterocycles. The number of carbonyl (C=O) groups is 1. The highest BCUT2D eigenvalue weighted by Crippen LogP contribution is 2.61. The predicted molar refractivity (Wildman–Crippen MR) is 87.6 cm³/mol. The Morgan fingerprint density at radius 3 is 2.73 bits per heavy atom. The lowest BCUT2D eigenvalue weighted by Crippen LogP contribution is -2.39. The smallest absolute Gasteiger partial charge is 0.325 e. The molecular formula is C17H17BrN2O2. The fraction of sp³-hybridized carbons (Fsp3) is 0.412. The summed E-state index contributed by atoms with van der Waals surface area (Å²) in [5, 5.41) is 19.5. The average molecular weight is 361 g/mol. The van der Waals surface area contributed by atoms with Crippen molar-refractivity contribution in [2.45, 2.75) is 12.3 Å². The van der Waals surface area contributed by atoms with E-state index in [4.69, 9.17) is 0 Å². The van der Waals surface area contributed by atoms with Gasteiger partial charge in [0.25, 0.3) is 0 Å². The van der Waals surface area contributed by atoms with Crippen molar-refractivity contribution >= 4 is 27.6 Å². The van der Waals surface area contributed by atoms with Crippen LogP contribution in [0.4, 0.5) is 5.69 Å². The van der Waals surface area contributed by atoms with E-state index in [0.29, 0.717) is 0 Å². The predicted octanol–water partition coefficient (Wildman–Crippen LogP) is 3.40.